The number of carbonyl (C=O) groups excluding carboxylic acids is 3. The summed E-state index contributed by atoms with van der Waals surface area (Å²) < 4.78 is 0. The number of hydrogen-bond acceptors (Lipinski definition) is 5. The minimum absolute atomic E-state index is 0.190. The van der Waals surface area contributed by atoms with Gasteiger partial charge < -0.3 is 0 Å². The molecule has 0 N–H and O–H groups in total. The van der Waals surface area contributed by atoms with Crippen LogP contribution in [0, 0.1) is 0 Å². The first-order chi connectivity index (χ1) is 5.24. The van der Waals surface area contributed by atoms with Gasteiger partial charge in [-0.15, -0.1) is 0 Å². The molecule has 11 heavy (non-hydrogen) atoms. The van der Waals surface area contributed by atoms with Gasteiger partial charge in [-0.3, -0.25) is 4.79 Å². The van der Waals surface area contributed by atoms with Crippen molar-refractivity contribution in [3.8, 4) is 0 Å². The Morgan fingerprint density at radius 2 is 1.73 bits per heavy atom. The minimum atomic E-state index is -1.83. The number of carbonyl (C=O) groups is 1. The van der Waals surface area contributed by atoms with Crippen LogP contribution in [-0.2, 0) is 14.4 Å². The lowest BCUT2D eigenvalue weighted by atomic mass is 10.2. The molecule has 0 rings (SSSR count). The first kappa shape index (κ1) is 9.17. The maximum absolute atomic E-state index is 10.2. The zero-order valence-electron chi connectivity index (χ0n) is 5.48. The highest BCUT2D eigenvalue weighted by Gasteiger charge is 2.23. The highest BCUT2D eigenvalue weighted by molar-refractivity contribution is 5.71. The Hall–Kier alpha value is -1.83. The molecule has 0 aromatic heterocycles. The summed E-state index contributed by atoms with van der Waals surface area (Å²) in [6.07, 6.45) is 3.32. The Morgan fingerprint density at radius 3 is 1.91 bits per heavy atom. The van der Waals surface area contributed by atoms with Gasteiger partial charge in [-0.05, 0) is 6.08 Å². The third kappa shape index (κ3) is 2.10. The zero-order valence-corrected chi connectivity index (χ0v) is 5.48. The molecular weight excluding hydrogens is 148 g/mol. The predicted octanol–water partition coefficient (Wildman–Crippen LogP) is -0.261. The van der Waals surface area contributed by atoms with Gasteiger partial charge in [0.2, 0.25) is 17.8 Å². The normalized spacial score (nSPS) is 13.1. The van der Waals surface area contributed by atoms with E-state index in [9.17, 15) is 14.4 Å². The number of rotatable bonds is 4. The molecule has 0 aromatic carbocycles. The molecule has 5 nitrogen and oxygen atoms in total. The standard InChI is InChI=1S/C6H4N2O3/c1-2-6(3-9,7-4-10)8-5-11/h2-3H,1H2. The fourth-order valence-electron chi connectivity index (χ4n) is 0.363. The average molecular weight is 152 g/mol. The Morgan fingerprint density at radius 1 is 1.27 bits per heavy atom. The third-order valence-corrected chi connectivity index (χ3v) is 0.923. The third-order valence-electron chi connectivity index (χ3n) is 0.923. The van der Waals surface area contributed by atoms with Crippen LogP contribution in [0.2, 0.25) is 0 Å². The van der Waals surface area contributed by atoms with Gasteiger partial charge in [0, 0.05) is 0 Å². The van der Waals surface area contributed by atoms with E-state index in [2.05, 4.69) is 16.6 Å². The summed E-state index contributed by atoms with van der Waals surface area (Å²) >= 11 is 0. The topological polar surface area (TPSA) is 75.9 Å². The highest BCUT2D eigenvalue weighted by Crippen LogP contribution is 2.08. The quantitative estimate of drug-likeness (QED) is 0.241. The van der Waals surface area contributed by atoms with Crippen LogP contribution in [0.1, 0.15) is 0 Å². The summed E-state index contributed by atoms with van der Waals surface area (Å²) in [5.74, 6) is 0. The second kappa shape index (κ2) is 4.06. The van der Waals surface area contributed by atoms with Gasteiger partial charge in [0.05, 0.1) is 0 Å². The first-order valence-electron chi connectivity index (χ1n) is 2.52. The molecule has 0 saturated heterocycles. The number of nitrogens with zero attached hydrogens (tertiary/aromatic N) is 2. The molecule has 0 saturated carbocycles. The van der Waals surface area contributed by atoms with Crippen molar-refractivity contribution in [2.45, 2.75) is 5.66 Å². The lowest BCUT2D eigenvalue weighted by Crippen LogP contribution is -2.21. The van der Waals surface area contributed by atoms with Gasteiger partial charge in [-0.1, -0.05) is 6.58 Å². The van der Waals surface area contributed by atoms with Crippen molar-refractivity contribution >= 4 is 18.4 Å². The van der Waals surface area contributed by atoms with Crippen molar-refractivity contribution in [2.75, 3.05) is 0 Å². The molecular formula is C6H4N2O3. The zero-order chi connectivity index (χ0) is 8.74. The number of aldehydes is 1. The van der Waals surface area contributed by atoms with Gasteiger partial charge in [0.25, 0.3) is 0 Å². The largest absolute Gasteiger partial charge is 0.298 e. The monoisotopic (exact) mass is 152 g/mol. The summed E-state index contributed by atoms with van der Waals surface area (Å²) in [6.45, 7) is 3.16. The molecule has 0 unspecified atom stereocenters. The lowest BCUT2D eigenvalue weighted by Gasteiger charge is -2.05. The molecule has 0 radical (unpaired) electrons. The SMILES string of the molecule is C=CC(C=O)(N=C=O)N=C=O. The van der Waals surface area contributed by atoms with E-state index in [0.29, 0.717) is 0 Å². The van der Waals surface area contributed by atoms with Crippen LogP contribution in [0.15, 0.2) is 22.6 Å². The Labute approximate surface area is 62.1 Å². The summed E-state index contributed by atoms with van der Waals surface area (Å²) in [6, 6.07) is 0. The molecule has 0 aliphatic carbocycles. The number of hydrogen-bond donors (Lipinski definition) is 0. The van der Waals surface area contributed by atoms with Crippen LogP contribution < -0.4 is 0 Å². The van der Waals surface area contributed by atoms with E-state index >= 15 is 0 Å². The first-order valence-corrected chi connectivity index (χ1v) is 2.52. The molecule has 0 spiro atoms. The second-order valence-electron chi connectivity index (χ2n) is 1.51. The molecule has 0 bridgehead atoms. The van der Waals surface area contributed by atoms with Crippen molar-refractivity contribution in [1.82, 2.24) is 0 Å². The van der Waals surface area contributed by atoms with Crippen LogP contribution in [0.3, 0.4) is 0 Å². The van der Waals surface area contributed by atoms with Crippen molar-refractivity contribution in [1.29, 1.82) is 0 Å². The van der Waals surface area contributed by atoms with Crippen molar-refractivity contribution < 1.29 is 14.4 Å². The Balaban J connectivity index is 5.04. The second-order valence-corrected chi connectivity index (χ2v) is 1.51. The molecule has 0 heterocycles. The lowest BCUT2D eigenvalue weighted by molar-refractivity contribution is -0.110. The molecule has 0 fully saturated rings. The van der Waals surface area contributed by atoms with Gasteiger partial charge in [0.15, 0.2) is 6.29 Å². The summed E-state index contributed by atoms with van der Waals surface area (Å²) in [7, 11) is 0. The van der Waals surface area contributed by atoms with E-state index in [-0.39, 0.29) is 6.29 Å². The van der Waals surface area contributed by atoms with Gasteiger partial charge in [-0.25, -0.2) is 9.59 Å². The predicted molar refractivity (Wildman–Crippen MR) is 35.2 cm³/mol. The van der Waals surface area contributed by atoms with Gasteiger partial charge in [-0.2, -0.15) is 9.98 Å². The van der Waals surface area contributed by atoms with Crippen molar-refractivity contribution in [3.63, 3.8) is 0 Å². The fraction of sp³-hybridized carbons (Fsp3) is 0.167. The maximum Gasteiger partial charge on any atom is 0.247 e. The maximum atomic E-state index is 10.2. The van der Waals surface area contributed by atoms with E-state index in [4.69, 9.17) is 0 Å². The van der Waals surface area contributed by atoms with Crippen LogP contribution in [-0.4, -0.2) is 24.1 Å². The number of aliphatic imine (C=N–C) groups is 2. The Bertz CT molecular complexity index is 231. The molecule has 0 amide bonds. The molecule has 0 aliphatic heterocycles. The minimum Gasteiger partial charge on any atom is -0.298 e. The van der Waals surface area contributed by atoms with E-state index in [1.165, 1.54) is 0 Å². The highest BCUT2D eigenvalue weighted by atomic mass is 16.1. The van der Waals surface area contributed by atoms with E-state index in [0.717, 1.165) is 18.2 Å². The van der Waals surface area contributed by atoms with Crippen LogP contribution in [0.5, 0.6) is 0 Å². The van der Waals surface area contributed by atoms with E-state index in [1.54, 1.807) is 0 Å². The van der Waals surface area contributed by atoms with E-state index < -0.39 is 5.66 Å². The Kier molecular flexibility index (Phi) is 3.39. The molecule has 0 aliphatic rings. The summed E-state index contributed by atoms with van der Waals surface area (Å²) in [4.78, 5) is 35.6. The molecule has 5 heteroatoms. The molecule has 56 valence electrons. The molecule has 0 atom stereocenters. The van der Waals surface area contributed by atoms with Gasteiger partial charge >= 0.3 is 0 Å². The van der Waals surface area contributed by atoms with Crippen molar-refractivity contribution in [2.24, 2.45) is 9.98 Å². The smallest absolute Gasteiger partial charge is 0.247 e. The average Bonchev–Trinajstić information content (AvgIpc) is 2.04. The van der Waals surface area contributed by atoms with Crippen LogP contribution in [0.4, 0.5) is 0 Å². The summed E-state index contributed by atoms with van der Waals surface area (Å²) in [5, 5.41) is 0. The van der Waals surface area contributed by atoms with Crippen LogP contribution >= 0.6 is 0 Å². The van der Waals surface area contributed by atoms with Crippen molar-refractivity contribution in [3.05, 3.63) is 12.7 Å². The fourth-order valence-corrected chi connectivity index (χ4v) is 0.363. The van der Waals surface area contributed by atoms with Gasteiger partial charge in [0.1, 0.15) is 0 Å². The summed E-state index contributed by atoms with van der Waals surface area (Å²) in [5.41, 5.74) is -1.83. The number of isocyanates is 2. The van der Waals surface area contributed by atoms with Crippen LogP contribution in [0.25, 0.3) is 0 Å². The molecule has 0 aromatic rings. The van der Waals surface area contributed by atoms with E-state index in [1.807, 2.05) is 0 Å².